The highest BCUT2D eigenvalue weighted by Gasteiger charge is 2.38. The van der Waals surface area contributed by atoms with E-state index in [-0.39, 0.29) is 18.9 Å². The number of aromatic nitrogens is 4. The van der Waals surface area contributed by atoms with E-state index < -0.39 is 24.7 Å². The topological polar surface area (TPSA) is 61.5 Å². The molecule has 0 fully saturated rings. The highest BCUT2D eigenvalue weighted by molar-refractivity contribution is 5.60. The summed E-state index contributed by atoms with van der Waals surface area (Å²) in [5.41, 5.74) is 1.57. The van der Waals surface area contributed by atoms with Gasteiger partial charge in [0.25, 0.3) is 0 Å². The second-order valence-corrected chi connectivity index (χ2v) is 5.78. The summed E-state index contributed by atoms with van der Waals surface area (Å²) in [6, 6.07) is 6.34. The second kappa shape index (κ2) is 7.76. The molecule has 0 aliphatic heterocycles. The standard InChI is InChI=1S/C17H15F5N4O2/c1-2-28-17(21,22)15-25-24-14-7-23-13(8-26(14)15)12-5-3-11(4-6-12)9-27-10-16(18,19)20/h3-8H,2,9-10H2,1H3. The van der Waals surface area contributed by atoms with Crippen molar-refractivity contribution in [3.8, 4) is 11.3 Å². The van der Waals surface area contributed by atoms with Gasteiger partial charge in [-0.1, -0.05) is 24.3 Å². The number of ether oxygens (including phenoxy) is 2. The first-order chi connectivity index (χ1) is 13.2. The van der Waals surface area contributed by atoms with E-state index in [0.29, 0.717) is 16.8 Å². The zero-order chi connectivity index (χ0) is 20.4. The third-order valence-electron chi connectivity index (χ3n) is 3.66. The predicted octanol–water partition coefficient (Wildman–Crippen LogP) is 3.96. The van der Waals surface area contributed by atoms with Crippen molar-refractivity contribution in [3.05, 3.63) is 48.0 Å². The Labute approximate surface area is 155 Å². The van der Waals surface area contributed by atoms with Crippen LogP contribution in [-0.4, -0.2) is 39.0 Å². The Morgan fingerprint density at radius 1 is 1.04 bits per heavy atom. The maximum absolute atomic E-state index is 14.0. The largest absolute Gasteiger partial charge is 0.418 e. The summed E-state index contributed by atoms with van der Waals surface area (Å²) in [7, 11) is 0. The van der Waals surface area contributed by atoms with Crippen LogP contribution in [0.4, 0.5) is 22.0 Å². The van der Waals surface area contributed by atoms with Crippen LogP contribution < -0.4 is 0 Å². The van der Waals surface area contributed by atoms with E-state index in [1.165, 1.54) is 19.3 Å². The third kappa shape index (κ3) is 4.60. The minimum Gasteiger partial charge on any atom is -0.367 e. The molecule has 28 heavy (non-hydrogen) atoms. The molecule has 6 nitrogen and oxygen atoms in total. The highest BCUT2D eigenvalue weighted by Crippen LogP contribution is 2.29. The normalized spacial score (nSPS) is 12.6. The average Bonchev–Trinajstić information content (AvgIpc) is 3.05. The molecule has 0 radical (unpaired) electrons. The van der Waals surface area contributed by atoms with Crippen LogP contribution >= 0.6 is 0 Å². The first-order valence-corrected chi connectivity index (χ1v) is 8.16. The van der Waals surface area contributed by atoms with E-state index in [9.17, 15) is 22.0 Å². The van der Waals surface area contributed by atoms with Crippen LogP contribution in [0.25, 0.3) is 16.9 Å². The van der Waals surface area contributed by atoms with Crippen molar-refractivity contribution in [2.24, 2.45) is 0 Å². The summed E-state index contributed by atoms with van der Waals surface area (Å²) in [5, 5.41) is 7.13. The van der Waals surface area contributed by atoms with E-state index in [2.05, 4.69) is 24.7 Å². The Kier molecular flexibility index (Phi) is 5.57. The lowest BCUT2D eigenvalue weighted by Crippen LogP contribution is -2.21. The second-order valence-electron chi connectivity index (χ2n) is 5.78. The average molecular weight is 402 g/mol. The number of benzene rings is 1. The highest BCUT2D eigenvalue weighted by atomic mass is 19.4. The number of rotatable bonds is 7. The molecule has 2 heterocycles. The fourth-order valence-corrected chi connectivity index (χ4v) is 2.45. The lowest BCUT2D eigenvalue weighted by Gasteiger charge is -2.13. The quantitative estimate of drug-likeness (QED) is 0.560. The van der Waals surface area contributed by atoms with Crippen LogP contribution in [0.2, 0.25) is 0 Å². The van der Waals surface area contributed by atoms with Crippen molar-refractivity contribution in [2.45, 2.75) is 25.8 Å². The number of halogens is 5. The van der Waals surface area contributed by atoms with Gasteiger partial charge in [-0.2, -0.15) is 22.0 Å². The maximum Gasteiger partial charge on any atom is 0.418 e. The van der Waals surface area contributed by atoms with Crippen molar-refractivity contribution in [3.63, 3.8) is 0 Å². The first-order valence-electron chi connectivity index (χ1n) is 8.16. The Hall–Kier alpha value is -2.66. The minimum absolute atomic E-state index is 0.121. The smallest absolute Gasteiger partial charge is 0.367 e. The Morgan fingerprint density at radius 3 is 2.39 bits per heavy atom. The number of nitrogens with zero attached hydrogens (tertiary/aromatic N) is 4. The Balaban J connectivity index is 1.82. The van der Waals surface area contributed by atoms with Crippen molar-refractivity contribution in [2.75, 3.05) is 13.2 Å². The van der Waals surface area contributed by atoms with Gasteiger partial charge in [0.1, 0.15) is 6.61 Å². The molecule has 3 rings (SSSR count). The fraction of sp³-hybridized carbons (Fsp3) is 0.353. The molecule has 0 unspecified atom stereocenters. The molecule has 0 aliphatic rings. The van der Waals surface area contributed by atoms with Crippen LogP contribution in [-0.2, 0) is 22.2 Å². The zero-order valence-electron chi connectivity index (χ0n) is 14.6. The van der Waals surface area contributed by atoms with Crippen LogP contribution in [0.15, 0.2) is 36.7 Å². The number of hydrogen-bond donors (Lipinski definition) is 0. The lowest BCUT2D eigenvalue weighted by molar-refractivity contribution is -0.251. The molecule has 0 saturated carbocycles. The molecule has 0 amide bonds. The van der Waals surface area contributed by atoms with E-state index >= 15 is 0 Å². The van der Waals surface area contributed by atoms with Crippen molar-refractivity contribution in [1.29, 1.82) is 0 Å². The predicted molar refractivity (Wildman–Crippen MR) is 87.4 cm³/mol. The molecule has 2 aromatic heterocycles. The molecule has 0 N–H and O–H groups in total. The SMILES string of the molecule is CCOC(F)(F)c1nnc2cnc(-c3ccc(COCC(F)(F)F)cc3)cn12. The minimum atomic E-state index is -4.39. The lowest BCUT2D eigenvalue weighted by atomic mass is 10.1. The molecular weight excluding hydrogens is 387 g/mol. The summed E-state index contributed by atoms with van der Waals surface area (Å²) in [5.74, 6) is -0.676. The van der Waals surface area contributed by atoms with Crippen LogP contribution in [0.5, 0.6) is 0 Å². The summed E-state index contributed by atoms with van der Waals surface area (Å²) in [6.07, 6.45) is -5.38. The molecule has 0 spiro atoms. The molecular formula is C17H15F5N4O2. The number of fused-ring (bicyclic) bond motifs is 1. The van der Waals surface area contributed by atoms with Gasteiger partial charge < -0.3 is 9.47 Å². The summed E-state index contributed by atoms with van der Waals surface area (Å²) < 4.78 is 74.5. The van der Waals surface area contributed by atoms with E-state index in [4.69, 9.17) is 0 Å². The molecule has 0 aliphatic carbocycles. The van der Waals surface area contributed by atoms with Crippen molar-refractivity contribution < 1.29 is 31.4 Å². The van der Waals surface area contributed by atoms with Gasteiger partial charge in [-0.05, 0) is 12.5 Å². The van der Waals surface area contributed by atoms with Gasteiger partial charge >= 0.3 is 12.3 Å². The van der Waals surface area contributed by atoms with Crippen LogP contribution in [0.1, 0.15) is 18.3 Å². The van der Waals surface area contributed by atoms with Crippen LogP contribution in [0.3, 0.4) is 0 Å². The zero-order valence-corrected chi connectivity index (χ0v) is 14.6. The Morgan fingerprint density at radius 2 is 1.75 bits per heavy atom. The van der Waals surface area contributed by atoms with Gasteiger partial charge in [-0.25, -0.2) is 0 Å². The van der Waals surface area contributed by atoms with Gasteiger partial charge in [-0.15, -0.1) is 10.2 Å². The molecule has 0 atom stereocenters. The molecule has 3 aromatic rings. The summed E-state index contributed by atoms with van der Waals surface area (Å²) in [4.78, 5) is 4.15. The molecule has 11 heteroatoms. The molecule has 150 valence electrons. The summed E-state index contributed by atoms with van der Waals surface area (Å²) in [6.45, 7) is -0.318. The Bertz CT molecular complexity index is 941. The van der Waals surface area contributed by atoms with Gasteiger partial charge in [0.2, 0.25) is 5.82 Å². The van der Waals surface area contributed by atoms with E-state index in [1.807, 2.05) is 0 Å². The van der Waals surface area contributed by atoms with Crippen LogP contribution in [0, 0.1) is 0 Å². The molecule has 0 saturated heterocycles. The van der Waals surface area contributed by atoms with Crippen molar-refractivity contribution >= 4 is 5.65 Å². The van der Waals surface area contributed by atoms with Gasteiger partial charge in [-0.3, -0.25) is 9.38 Å². The van der Waals surface area contributed by atoms with Crippen molar-refractivity contribution in [1.82, 2.24) is 19.6 Å². The first kappa shape index (κ1) is 20.1. The molecule has 0 bridgehead atoms. The van der Waals surface area contributed by atoms with Gasteiger partial charge in [0.15, 0.2) is 5.65 Å². The third-order valence-corrected chi connectivity index (χ3v) is 3.66. The van der Waals surface area contributed by atoms with E-state index in [0.717, 1.165) is 4.40 Å². The summed E-state index contributed by atoms with van der Waals surface area (Å²) >= 11 is 0. The van der Waals surface area contributed by atoms with Gasteiger partial charge in [0, 0.05) is 11.8 Å². The van der Waals surface area contributed by atoms with E-state index in [1.54, 1.807) is 24.3 Å². The maximum atomic E-state index is 14.0. The van der Waals surface area contributed by atoms with Gasteiger partial charge in [0.05, 0.1) is 25.1 Å². The number of alkyl halides is 5. The monoisotopic (exact) mass is 402 g/mol. The molecule has 1 aromatic carbocycles. The fourth-order valence-electron chi connectivity index (χ4n) is 2.45. The number of hydrogen-bond acceptors (Lipinski definition) is 5.